The summed E-state index contributed by atoms with van der Waals surface area (Å²) in [6, 6.07) is 1.84. The number of aromatic nitrogens is 4. The molecule has 29 heavy (non-hydrogen) atoms. The van der Waals surface area contributed by atoms with Crippen LogP contribution in [0.5, 0.6) is 0 Å². The normalized spacial score (nSPS) is 23.9. The van der Waals surface area contributed by atoms with Gasteiger partial charge in [-0.3, -0.25) is 0 Å². The molecule has 1 N–H and O–H groups in total. The largest absolute Gasteiger partial charge is 0.490 e. The molecule has 0 unspecified atom stereocenters. The van der Waals surface area contributed by atoms with Crippen LogP contribution in [0, 0.1) is 24.7 Å². The Hall–Kier alpha value is -2.76. The van der Waals surface area contributed by atoms with Gasteiger partial charge in [0.2, 0.25) is 11.8 Å². The molecule has 0 bridgehead atoms. The lowest BCUT2D eigenvalue weighted by Gasteiger charge is -2.31. The molecule has 2 aromatic heterocycles. The predicted octanol–water partition coefficient (Wildman–Crippen LogP) is 1.74. The first kappa shape index (κ1) is 21.0. The lowest BCUT2D eigenvalue weighted by molar-refractivity contribution is -0.192. The van der Waals surface area contributed by atoms with E-state index in [-0.39, 0.29) is 0 Å². The molecule has 0 aromatic carbocycles. The molecule has 0 spiro atoms. The van der Waals surface area contributed by atoms with E-state index in [0.29, 0.717) is 29.5 Å². The van der Waals surface area contributed by atoms with Crippen molar-refractivity contribution in [2.24, 2.45) is 17.8 Å². The number of carboxylic acid groups (broad SMARTS) is 1. The SMILES string of the molecule is Cc1noc(C[C@@H]2COC[C@H]3CN(c4ncccn4)C[C@@H]23)n1.O=C(O)C(F)(F)F. The Bertz CT molecular complexity index is 817. The minimum Gasteiger partial charge on any atom is -0.475 e. The van der Waals surface area contributed by atoms with E-state index in [1.165, 1.54) is 0 Å². The van der Waals surface area contributed by atoms with Crippen molar-refractivity contribution in [1.82, 2.24) is 20.1 Å². The number of ether oxygens (including phenoxy) is 1. The Morgan fingerprint density at radius 3 is 2.55 bits per heavy atom. The van der Waals surface area contributed by atoms with E-state index in [4.69, 9.17) is 19.2 Å². The van der Waals surface area contributed by atoms with Gasteiger partial charge >= 0.3 is 12.1 Å². The average Bonchev–Trinajstić information content (AvgIpc) is 3.29. The summed E-state index contributed by atoms with van der Waals surface area (Å²) in [6.45, 7) is 5.33. The van der Waals surface area contributed by atoms with Gasteiger partial charge in [-0.25, -0.2) is 14.8 Å². The molecule has 2 aliphatic rings. The van der Waals surface area contributed by atoms with Gasteiger partial charge < -0.3 is 19.3 Å². The molecule has 0 amide bonds. The number of rotatable bonds is 3. The van der Waals surface area contributed by atoms with Crippen molar-refractivity contribution in [3.63, 3.8) is 0 Å². The number of carbonyl (C=O) groups is 1. The van der Waals surface area contributed by atoms with Crippen LogP contribution in [0.25, 0.3) is 0 Å². The van der Waals surface area contributed by atoms with E-state index in [2.05, 4.69) is 25.0 Å². The first-order valence-electron chi connectivity index (χ1n) is 8.93. The van der Waals surface area contributed by atoms with Crippen molar-refractivity contribution in [3.05, 3.63) is 30.2 Å². The van der Waals surface area contributed by atoms with Crippen LogP contribution in [-0.2, 0) is 16.0 Å². The monoisotopic (exact) mass is 415 g/mol. The number of nitrogens with zero attached hydrogens (tertiary/aromatic N) is 5. The van der Waals surface area contributed by atoms with Crippen LogP contribution in [0.15, 0.2) is 23.0 Å². The van der Waals surface area contributed by atoms with Crippen LogP contribution in [-0.4, -0.2) is 63.7 Å². The number of hydrogen-bond acceptors (Lipinski definition) is 8. The van der Waals surface area contributed by atoms with E-state index >= 15 is 0 Å². The van der Waals surface area contributed by atoms with Crippen molar-refractivity contribution >= 4 is 11.9 Å². The molecule has 3 atom stereocenters. The van der Waals surface area contributed by atoms with Gasteiger partial charge in [-0.2, -0.15) is 18.2 Å². The Morgan fingerprint density at radius 2 is 1.97 bits per heavy atom. The molecular weight excluding hydrogens is 395 g/mol. The fraction of sp³-hybridized carbons (Fsp3) is 0.588. The molecule has 0 aliphatic carbocycles. The third-order valence-corrected chi connectivity index (χ3v) is 4.84. The average molecular weight is 415 g/mol. The van der Waals surface area contributed by atoms with Crippen LogP contribution in [0.2, 0.25) is 0 Å². The summed E-state index contributed by atoms with van der Waals surface area (Å²) in [7, 11) is 0. The number of aliphatic carboxylic acids is 1. The van der Waals surface area contributed by atoms with Crippen LogP contribution in [0.1, 0.15) is 11.7 Å². The summed E-state index contributed by atoms with van der Waals surface area (Å²) in [5.74, 6) is 0.940. The predicted molar refractivity (Wildman–Crippen MR) is 92.0 cm³/mol. The van der Waals surface area contributed by atoms with Gasteiger partial charge in [0.05, 0.1) is 13.2 Å². The maximum atomic E-state index is 10.6. The topological polar surface area (TPSA) is 114 Å². The first-order valence-corrected chi connectivity index (χ1v) is 8.93. The number of fused-ring (bicyclic) bond motifs is 1. The van der Waals surface area contributed by atoms with Crippen molar-refractivity contribution < 1.29 is 32.3 Å². The molecule has 0 saturated carbocycles. The second-order valence-corrected chi connectivity index (χ2v) is 6.92. The molecule has 0 radical (unpaired) electrons. The molecule has 2 saturated heterocycles. The van der Waals surface area contributed by atoms with Crippen LogP contribution in [0.4, 0.5) is 19.1 Å². The third-order valence-electron chi connectivity index (χ3n) is 4.84. The standard InChI is InChI=1S/C15H19N5O2.C2HF3O2/c1-10-18-14(22-19-10)5-11-8-21-9-12-6-20(7-13(11)12)15-16-3-2-4-17-15;3-2(4,5)1(6)7/h2-4,11-13H,5-9H2,1H3;(H,6,7)/t11-,12-,13+;/m1./s1. The zero-order valence-corrected chi connectivity index (χ0v) is 15.5. The maximum Gasteiger partial charge on any atom is 0.490 e. The van der Waals surface area contributed by atoms with Gasteiger partial charge in [-0.1, -0.05) is 5.16 Å². The van der Waals surface area contributed by atoms with Gasteiger partial charge in [0, 0.05) is 37.8 Å². The molecular formula is C17H20F3N5O4. The summed E-state index contributed by atoms with van der Waals surface area (Å²) in [6.07, 6.45) is -0.718. The Labute approximate surface area is 163 Å². The summed E-state index contributed by atoms with van der Waals surface area (Å²) in [4.78, 5) is 24.2. The molecule has 4 rings (SSSR count). The van der Waals surface area contributed by atoms with E-state index in [0.717, 1.165) is 38.7 Å². The van der Waals surface area contributed by atoms with Crippen molar-refractivity contribution in [3.8, 4) is 0 Å². The van der Waals surface area contributed by atoms with Gasteiger partial charge in [0.15, 0.2) is 5.82 Å². The summed E-state index contributed by atoms with van der Waals surface area (Å²) >= 11 is 0. The van der Waals surface area contributed by atoms with Gasteiger partial charge in [0.1, 0.15) is 0 Å². The molecule has 4 heterocycles. The molecule has 2 aliphatic heterocycles. The Balaban J connectivity index is 0.000000298. The minimum atomic E-state index is -5.08. The van der Waals surface area contributed by atoms with Crippen LogP contribution < -0.4 is 4.90 Å². The zero-order chi connectivity index (χ0) is 21.0. The quantitative estimate of drug-likeness (QED) is 0.800. The highest BCUT2D eigenvalue weighted by Crippen LogP contribution is 2.36. The van der Waals surface area contributed by atoms with Gasteiger partial charge in [-0.05, 0) is 24.8 Å². The summed E-state index contributed by atoms with van der Waals surface area (Å²) in [5.41, 5.74) is 0. The highest BCUT2D eigenvalue weighted by molar-refractivity contribution is 5.73. The molecule has 158 valence electrons. The van der Waals surface area contributed by atoms with Crippen LogP contribution in [0.3, 0.4) is 0 Å². The summed E-state index contributed by atoms with van der Waals surface area (Å²) in [5, 5.41) is 11.0. The first-order chi connectivity index (χ1) is 13.7. The second kappa shape index (κ2) is 8.72. The third kappa shape index (κ3) is 5.40. The number of anilines is 1. The van der Waals surface area contributed by atoms with Crippen molar-refractivity contribution in [2.75, 3.05) is 31.2 Å². The number of carboxylic acids is 1. The molecule has 2 aromatic rings. The fourth-order valence-corrected chi connectivity index (χ4v) is 3.58. The number of aryl methyl sites for hydroxylation is 1. The molecule has 2 fully saturated rings. The van der Waals surface area contributed by atoms with E-state index in [1.54, 1.807) is 12.4 Å². The minimum absolute atomic E-state index is 0.410. The number of alkyl halides is 3. The van der Waals surface area contributed by atoms with Crippen LogP contribution >= 0.6 is 0 Å². The van der Waals surface area contributed by atoms with Crippen molar-refractivity contribution in [2.45, 2.75) is 19.5 Å². The van der Waals surface area contributed by atoms with E-state index in [1.807, 2.05) is 13.0 Å². The van der Waals surface area contributed by atoms with E-state index < -0.39 is 12.1 Å². The van der Waals surface area contributed by atoms with Gasteiger partial charge in [-0.15, -0.1) is 0 Å². The number of hydrogen-bond donors (Lipinski definition) is 1. The maximum absolute atomic E-state index is 10.6. The molecule has 12 heteroatoms. The van der Waals surface area contributed by atoms with Gasteiger partial charge in [0.25, 0.3) is 0 Å². The highest BCUT2D eigenvalue weighted by atomic mass is 19.4. The van der Waals surface area contributed by atoms with E-state index in [9.17, 15) is 13.2 Å². The fourth-order valence-electron chi connectivity index (χ4n) is 3.58. The molecule has 9 nitrogen and oxygen atoms in total. The lowest BCUT2D eigenvalue weighted by Crippen LogP contribution is -2.36. The Kier molecular flexibility index (Phi) is 6.30. The smallest absolute Gasteiger partial charge is 0.475 e. The number of halogens is 3. The lowest BCUT2D eigenvalue weighted by atomic mass is 9.81. The zero-order valence-electron chi connectivity index (χ0n) is 15.5. The summed E-state index contributed by atoms with van der Waals surface area (Å²) < 4.78 is 42.8. The highest BCUT2D eigenvalue weighted by Gasteiger charge is 2.42. The Morgan fingerprint density at radius 1 is 1.28 bits per heavy atom. The second-order valence-electron chi connectivity index (χ2n) is 6.92. The van der Waals surface area contributed by atoms with Crippen molar-refractivity contribution in [1.29, 1.82) is 0 Å².